The van der Waals surface area contributed by atoms with E-state index in [2.05, 4.69) is 4.72 Å². The largest absolute Gasteiger partial charge is 0.311 e. The minimum absolute atomic E-state index is 0.0664. The van der Waals surface area contributed by atoms with Gasteiger partial charge in [0.05, 0.1) is 4.90 Å². The lowest BCUT2D eigenvalue weighted by Gasteiger charge is -2.19. The summed E-state index contributed by atoms with van der Waals surface area (Å²) in [6, 6.07) is 9.15. The number of hydrogen-bond acceptors (Lipinski definition) is 3. The number of anilines is 1. The van der Waals surface area contributed by atoms with Gasteiger partial charge in [-0.2, -0.15) is 0 Å². The van der Waals surface area contributed by atoms with Crippen molar-refractivity contribution < 1.29 is 13.2 Å². The molecule has 27 heavy (non-hydrogen) atoms. The first-order valence-electron chi connectivity index (χ1n) is 9.06. The first-order valence-corrected chi connectivity index (χ1v) is 10.5. The first kappa shape index (κ1) is 19.6. The Bertz CT molecular complexity index is 989. The van der Waals surface area contributed by atoms with Gasteiger partial charge in [-0.3, -0.25) is 4.79 Å². The number of aryl methyl sites for hydroxylation is 5. The summed E-state index contributed by atoms with van der Waals surface area (Å²) < 4.78 is 28.6. The predicted molar refractivity (Wildman–Crippen MR) is 108 cm³/mol. The second kappa shape index (κ2) is 7.09. The Balaban J connectivity index is 1.83. The Morgan fingerprint density at radius 2 is 1.56 bits per heavy atom. The molecule has 5 nitrogen and oxygen atoms in total. The highest BCUT2D eigenvalue weighted by molar-refractivity contribution is 7.89. The summed E-state index contributed by atoms with van der Waals surface area (Å²) in [7, 11) is -3.69. The molecule has 1 fully saturated rings. The fraction of sp³-hybridized carbons (Fsp3) is 0.381. The van der Waals surface area contributed by atoms with Crippen molar-refractivity contribution in [3.05, 3.63) is 58.1 Å². The van der Waals surface area contributed by atoms with Gasteiger partial charge in [0.25, 0.3) is 0 Å². The van der Waals surface area contributed by atoms with Gasteiger partial charge in [-0.25, -0.2) is 13.1 Å². The normalized spacial score (nSPS) is 17.6. The van der Waals surface area contributed by atoms with Gasteiger partial charge < -0.3 is 4.90 Å². The van der Waals surface area contributed by atoms with Crippen LogP contribution in [-0.2, 0) is 14.8 Å². The molecule has 144 valence electrons. The quantitative estimate of drug-likeness (QED) is 0.877. The third kappa shape index (κ3) is 3.92. The van der Waals surface area contributed by atoms with Crippen LogP contribution in [0.25, 0.3) is 0 Å². The Morgan fingerprint density at radius 1 is 0.926 bits per heavy atom. The van der Waals surface area contributed by atoms with Crippen LogP contribution in [-0.4, -0.2) is 26.9 Å². The summed E-state index contributed by atoms with van der Waals surface area (Å²) >= 11 is 0. The molecule has 1 unspecified atom stereocenters. The molecule has 0 spiro atoms. The molecule has 1 heterocycles. The summed E-state index contributed by atoms with van der Waals surface area (Å²) in [5, 5.41) is 0. The van der Waals surface area contributed by atoms with Crippen LogP contribution in [0.1, 0.15) is 34.2 Å². The van der Waals surface area contributed by atoms with Crippen molar-refractivity contribution in [1.82, 2.24) is 4.72 Å². The van der Waals surface area contributed by atoms with Gasteiger partial charge >= 0.3 is 0 Å². The number of benzene rings is 2. The van der Waals surface area contributed by atoms with Crippen LogP contribution in [0.2, 0.25) is 0 Å². The summed E-state index contributed by atoms with van der Waals surface area (Å²) in [5.74, 6) is -0.0664. The Hall–Kier alpha value is -2.18. The van der Waals surface area contributed by atoms with Crippen molar-refractivity contribution in [3.8, 4) is 0 Å². The molecular formula is C21H26N2O3S. The third-order valence-corrected chi connectivity index (χ3v) is 6.95. The van der Waals surface area contributed by atoms with Crippen molar-refractivity contribution >= 4 is 21.6 Å². The molecular weight excluding hydrogens is 360 g/mol. The van der Waals surface area contributed by atoms with E-state index in [4.69, 9.17) is 0 Å². The standard InChI is InChI=1S/C21H26N2O3S/c1-13-8-16(4)21(17(5)9-13)27(25,26)22-18-11-20(24)23(12-18)19-7-6-14(2)15(3)10-19/h6-10,18,22H,11-12H2,1-5H3. The smallest absolute Gasteiger partial charge is 0.241 e. The zero-order valence-electron chi connectivity index (χ0n) is 16.5. The molecule has 6 heteroatoms. The van der Waals surface area contributed by atoms with E-state index < -0.39 is 16.1 Å². The molecule has 3 rings (SSSR count). The van der Waals surface area contributed by atoms with E-state index in [9.17, 15) is 13.2 Å². The molecule has 0 radical (unpaired) electrons. The van der Waals surface area contributed by atoms with Crippen molar-refractivity contribution in [2.24, 2.45) is 0 Å². The Labute approximate surface area is 161 Å². The Morgan fingerprint density at radius 3 is 2.15 bits per heavy atom. The number of carbonyl (C=O) groups excluding carboxylic acids is 1. The summed E-state index contributed by atoms with van der Waals surface area (Å²) in [6.45, 7) is 9.91. The lowest BCUT2D eigenvalue weighted by atomic mass is 10.1. The van der Waals surface area contributed by atoms with E-state index in [0.717, 1.165) is 33.5 Å². The predicted octanol–water partition coefficient (Wildman–Crippen LogP) is 3.31. The van der Waals surface area contributed by atoms with Crippen molar-refractivity contribution in [2.45, 2.75) is 52.0 Å². The van der Waals surface area contributed by atoms with Crippen molar-refractivity contribution in [1.29, 1.82) is 0 Å². The van der Waals surface area contributed by atoms with E-state index >= 15 is 0 Å². The van der Waals surface area contributed by atoms with Crippen LogP contribution in [0, 0.1) is 34.6 Å². The molecule has 2 aromatic rings. The fourth-order valence-corrected chi connectivity index (χ4v) is 5.48. The molecule has 1 N–H and O–H groups in total. The molecule has 1 atom stereocenters. The van der Waals surface area contributed by atoms with Crippen LogP contribution in [0.3, 0.4) is 0 Å². The lowest BCUT2D eigenvalue weighted by molar-refractivity contribution is -0.117. The molecule has 0 bridgehead atoms. The van der Waals surface area contributed by atoms with Gasteiger partial charge in [0.15, 0.2) is 0 Å². The maximum Gasteiger partial charge on any atom is 0.241 e. The zero-order valence-corrected chi connectivity index (χ0v) is 17.3. The van der Waals surface area contributed by atoms with E-state index in [1.165, 1.54) is 0 Å². The molecule has 1 amide bonds. The lowest BCUT2D eigenvalue weighted by Crippen LogP contribution is -2.37. The van der Waals surface area contributed by atoms with Gasteiger partial charge in [0, 0.05) is 24.7 Å². The fourth-order valence-electron chi connectivity index (χ4n) is 3.80. The van der Waals surface area contributed by atoms with Crippen LogP contribution in [0.4, 0.5) is 5.69 Å². The van der Waals surface area contributed by atoms with Gasteiger partial charge in [-0.1, -0.05) is 23.8 Å². The number of hydrogen-bond donors (Lipinski definition) is 1. The van der Waals surface area contributed by atoms with Crippen LogP contribution >= 0.6 is 0 Å². The maximum atomic E-state index is 12.9. The number of amides is 1. The van der Waals surface area contributed by atoms with Gasteiger partial charge in [-0.05, 0) is 69.0 Å². The van der Waals surface area contributed by atoms with Gasteiger partial charge in [0.1, 0.15) is 0 Å². The molecule has 0 aromatic heterocycles. The van der Waals surface area contributed by atoms with E-state index in [0.29, 0.717) is 11.4 Å². The zero-order chi connectivity index (χ0) is 19.9. The molecule has 1 aliphatic rings. The van der Waals surface area contributed by atoms with E-state index in [-0.39, 0.29) is 12.3 Å². The minimum Gasteiger partial charge on any atom is -0.311 e. The van der Waals surface area contributed by atoms with Crippen molar-refractivity contribution in [3.63, 3.8) is 0 Å². The minimum atomic E-state index is -3.69. The Kier molecular flexibility index (Phi) is 5.14. The number of sulfonamides is 1. The number of nitrogens with zero attached hydrogens (tertiary/aromatic N) is 1. The number of carbonyl (C=O) groups is 1. The molecule has 0 aliphatic carbocycles. The van der Waals surface area contributed by atoms with Gasteiger partial charge in [0.2, 0.25) is 15.9 Å². The average molecular weight is 387 g/mol. The summed E-state index contributed by atoms with van der Waals surface area (Å²) in [5.41, 5.74) is 5.54. The van der Waals surface area contributed by atoms with Crippen LogP contribution in [0.15, 0.2) is 35.2 Å². The topological polar surface area (TPSA) is 66.5 Å². The monoisotopic (exact) mass is 386 g/mol. The highest BCUT2D eigenvalue weighted by Crippen LogP contribution is 2.26. The van der Waals surface area contributed by atoms with Crippen molar-refractivity contribution in [2.75, 3.05) is 11.4 Å². The van der Waals surface area contributed by atoms with E-state index in [1.807, 2.05) is 51.1 Å². The number of nitrogens with one attached hydrogen (secondary N) is 1. The molecule has 0 saturated carbocycles. The molecule has 2 aromatic carbocycles. The van der Waals surface area contributed by atoms with Crippen LogP contribution in [0.5, 0.6) is 0 Å². The second-order valence-corrected chi connectivity index (χ2v) is 9.17. The van der Waals surface area contributed by atoms with E-state index in [1.54, 1.807) is 18.7 Å². The highest BCUT2D eigenvalue weighted by atomic mass is 32.2. The molecule has 1 aliphatic heterocycles. The van der Waals surface area contributed by atoms with Crippen LogP contribution < -0.4 is 9.62 Å². The first-order chi connectivity index (χ1) is 12.6. The summed E-state index contributed by atoms with van der Waals surface area (Å²) in [6.07, 6.45) is 0.163. The second-order valence-electron chi connectivity index (χ2n) is 7.52. The SMILES string of the molecule is Cc1cc(C)c(S(=O)(=O)NC2CC(=O)N(c3ccc(C)c(C)c3)C2)c(C)c1. The summed E-state index contributed by atoms with van der Waals surface area (Å²) in [4.78, 5) is 14.4. The van der Waals surface area contributed by atoms with Gasteiger partial charge in [-0.15, -0.1) is 0 Å². The third-order valence-electron chi connectivity index (χ3n) is 5.12. The molecule has 1 saturated heterocycles. The average Bonchev–Trinajstić information content (AvgIpc) is 2.88. The number of rotatable bonds is 4. The maximum absolute atomic E-state index is 12.9. The highest BCUT2D eigenvalue weighted by Gasteiger charge is 2.34.